The molecule has 0 saturated carbocycles. The van der Waals surface area contributed by atoms with Gasteiger partial charge in [-0.2, -0.15) is 25.8 Å². The van der Waals surface area contributed by atoms with Gasteiger partial charge < -0.3 is 10.2 Å². The molecule has 2 N–H and O–H groups in total. The first-order valence-electron chi connectivity index (χ1n) is 4.66. The Balaban J connectivity index is 2.86. The number of aliphatic hydroxyl groups excluding tert-OH is 2. The Morgan fingerprint density at radius 1 is 1.29 bits per heavy atom. The van der Waals surface area contributed by atoms with Gasteiger partial charge in [-0.15, -0.1) is 0 Å². The normalized spacial score (nSPS) is 15.6. The average Bonchev–Trinajstić information content (AvgIpc) is 2.25. The lowest BCUT2D eigenvalue weighted by Crippen LogP contribution is -2.19. The lowest BCUT2D eigenvalue weighted by molar-refractivity contribution is -0.0328. The van der Waals surface area contributed by atoms with Crippen LogP contribution >= 0.6 is 24.4 Å². The van der Waals surface area contributed by atoms with Crippen LogP contribution < -0.4 is 0 Å². The topological polar surface area (TPSA) is 40.5 Å². The van der Waals surface area contributed by atoms with E-state index in [0.717, 1.165) is 0 Å². The standard InChI is InChI=1S/C10H11F3O2S2/c11-10(12,13)17-7-3-1-2-6(4-7)9(15)8(14)5-16/h1-4,8-9,14-16H,5H2. The highest BCUT2D eigenvalue weighted by atomic mass is 32.2. The molecule has 0 saturated heterocycles. The molecule has 7 heteroatoms. The van der Waals surface area contributed by atoms with Crippen LogP contribution in [-0.2, 0) is 0 Å². The highest BCUT2D eigenvalue weighted by molar-refractivity contribution is 8.00. The number of aliphatic hydroxyl groups is 2. The number of hydrogen-bond donors (Lipinski definition) is 3. The predicted molar refractivity (Wildman–Crippen MR) is 63.2 cm³/mol. The first kappa shape index (κ1) is 14.7. The third-order valence-electron chi connectivity index (χ3n) is 1.98. The Morgan fingerprint density at radius 3 is 2.47 bits per heavy atom. The SMILES string of the molecule is OC(CS)C(O)c1cccc(SC(F)(F)F)c1. The van der Waals surface area contributed by atoms with Gasteiger partial charge in [-0.05, 0) is 29.5 Å². The zero-order valence-corrected chi connectivity index (χ0v) is 10.3. The van der Waals surface area contributed by atoms with Gasteiger partial charge in [0.25, 0.3) is 0 Å². The maximum absolute atomic E-state index is 12.1. The van der Waals surface area contributed by atoms with Crippen LogP contribution in [0.25, 0.3) is 0 Å². The van der Waals surface area contributed by atoms with Crippen molar-refractivity contribution in [2.45, 2.75) is 22.6 Å². The highest BCUT2D eigenvalue weighted by Crippen LogP contribution is 2.37. The molecule has 0 aliphatic carbocycles. The van der Waals surface area contributed by atoms with Gasteiger partial charge in [0.15, 0.2) is 0 Å². The van der Waals surface area contributed by atoms with Crippen LogP contribution in [0.2, 0.25) is 0 Å². The second-order valence-electron chi connectivity index (χ2n) is 3.32. The number of hydrogen-bond acceptors (Lipinski definition) is 4. The minimum atomic E-state index is -4.37. The summed E-state index contributed by atoms with van der Waals surface area (Å²) >= 11 is 3.54. The van der Waals surface area contributed by atoms with Gasteiger partial charge in [0.2, 0.25) is 0 Å². The van der Waals surface area contributed by atoms with Crippen LogP contribution in [0.15, 0.2) is 29.2 Å². The van der Waals surface area contributed by atoms with E-state index in [4.69, 9.17) is 0 Å². The molecule has 1 aromatic rings. The van der Waals surface area contributed by atoms with Crippen molar-refractivity contribution in [3.05, 3.63) is 29.8 Å². The van der Waals surface area contributed by atoms with Gasteiger partial charge in [-0.1, -0.05) is 12.1 Å². The van der Waals surface area contributed by atoms with E-state index >= 15 is 0 Å². The average molecular weight is 284 g/mol. The molecule has 1 aromatic carbocycles. The van der Waals surface area contributed by atoms with Crippen molar-refractivity contribution in [2.24, 2.45) is 0 Å². The van der Waals surface area contributed by atoms with Crippen molar-refractivity contribution in [2.75, 3.05) is 5.75 Å². The molecule has 96 valence electrons. The maximum atomic E-state index is 12.1. The van der Waals surface area contributed by atoms with Crippen molar-refractivity contribution in [3.63, 3.8) is 0 Å². The minimum Gasteiger partial charge on any atom is -0.389 e. The van der Waals surface area contributed by atoms with Crippen molar-refractivity contribution in [1.82, 2.24) is 0 Å². The number of alkyl halides is 3. The summed E-state index contributed by atoms with van der Waals surface area (Å²) in [6, 6.07) is 5.35. The molecular weight excluding hydrogens is 273 g/mol. The third-order valence-corrected chi connectivity index (χ3v) is 3.08. The van der Waals surface area contributed by atoms with Crippen molar-refractivity contribution in [1.29, 1.82) is 0 Å². The molecular formula is C10H11F3O2S2. The summed E-state index contributed by atoms with van der Waals surface area (Å²) in [5, 5.41) is 19.0. The fourth-order valence-corrected chi connectivity index (χ4v) is 2.03. The molecule has 2 nitrogen and oxygen atoms in total. The molecule has 0 radical (unpaired) electrons. The Labute approximate surface area is 106 Å². The molecule has 1 rings (SSSR count). The third kappa shape index (κ3) is 4.79. The number of thioether (sulfide) groups is 1. The van der Waals surface area contributed by atoms with Gasteiger partial charge in [0, 0.05) is 10.6 Å². The van der Waals surface area contributed by atoms with E-state index in [-0.39, 0.29) is 28.0 Å². The molecule has 0 aromatic heterocycles. The fraction of sp³-hybridized carbons (Fsp3) is 0.400. The minimum absolute atomic E-state index is 0.0256. The Hall–Kier alpha value is -0.370. The molecule has 0 bridgehead atoms. The Kier molecular flexibility index (Phi) is 5.18. The monoisotopic (exact) mass is 284 g/mol. The molecule has 0 fully saturated rings. The summed E-state index contributed by atoms with van der Waals surface area (Å²) < 4.78 is 36.4. The van der Waals surface area contributed by atoms with Crippen molar-refractivity contribution in [3.8, 4) is 0 Å². The smallest absolute Gasteiger partial charge is 0.389 e. The van der Waals surface area contributed by atoms with Gasteiger partial charge >= 0.3 is 5.51 Å². The molecule has 0 aliphatic heterocycles. The quantitative estimate of drug-likeness (QED) is 0.588. The molecule has 0 aliphatic rings. The summed E-state index contributed by atoms with van der Waals surface area (Å²) in [5.41, 5.74) is -4.13. The van der Waals surface area contributed by atoms with Crippen LogP contribution in [0.3, 0.4) is 0 Å². The molecule has 0 amide bonds. The molecule has 17 heavy (non-hydrogen) atoms. The lowest BCUT2D eigenvalue weighted by Gasteiger charge is -2.17. The zero-order valence-electron chi connectivity index (χ0n) is 8.55. The summed E-state index contributed by atoms with van der Waals surface area (Å²) in [5.74, 6) is 0.0256. The van der Waals surface area contributed by atoms with Crippen molar-refractivity contribution < 1.29 is 23.4 Å². The predicted octanol–water partition coefficient (Wildman–Crippen LogP) is 2.62. The van der Waals surface area contributed by atoms with E-state index in [1.54, 1.807) is 0 Å². The second-order valence-corrected chi connectivity index (χ2v) is 4.82. The second kappa shape index (κ2) is 5.99. The summed E-state index contributed by atoms with van der Waals surface area (Å²) in [4.78, 5) is -0.0274. The first-order valence-corrected chi connectivity index (χ1v) is 6.11. The van der Waals surface area contributed by atoms with Gasteiger partial charge in [0.1, 0.15) is 6.10 Å². The first-order chi connectivity index (χ1) is 7.83. The number of benzene rings is 1. The Morgan fingerprint density at radius 2 is 1.94 bits per heavy atom. The van der Waals surface area contributed by atoms with E-state index < -0.39 is 17.7 Å². The summed E-state index contributed by atoms with van der Waals surface area (Å²) in [7, 11) is 0. The fourth-order valence-electron chi connectivity index (χ4n) is 1.22. The van der Waals surface area contributed by atoms with E-state index in [1.165, 1.54) is 24.3 Å². The number of halogens is 3. The summed E-state index contributed by atoms with van der Waals surface area (Å²) in [6.45, 7) is 0. The largest absolute Gasteiger partial charge is 0.446 e. The molecule has 0 spiro atoms. The molecule has 2 unspecified atom stereocenters. The molecule has 2 atom stereocenters. The van der Waals surface area contributed by atoms with Crippen LogP contribution in [0.1, 0.15) is 11.7 Å². The van der Waals surface area contributed by atoms with E-state index in [2.05, 4.69) is 12.6 Å². The van der Waals surface area contributed by atoms with Crippen LogP contribution in [-0.4, -0.2) is 27.6 Å². The summed E-state index contributed by atoms with van der Waals surface area (Å²) in [6.07, 6.45) is -2.34. The van der Waals surface area contributed by atoms with Crippen LogP contribution in [0, 0.1) is 0 Å². The molecule has 0 heterocycles. The van der Waals surface area contributed by atoms with E-state index in [9.17, 15) is 23.4 Å². The maximum Gasteiger partial charge on any atom is 0.446 e. The van der Waals surface area contributed by atoms with E-state index in [1.807, 2.05) is 0 Å². The van der Waals surface area contributed by atoms with Gasteiger partial charge in [0.05, 0.1) is 6.10 Å². The number of thiol groups is 1. The lowest BCUT2D eigenvalue weighted by atomic mass is 10.1. The Bertz CT molecular complexity index is 371. The van der Waals surface area contributed by atoms with Crippen LogP contribution in [0.4, 0.5) is 13.2 Å². The van der Waals surface area contributed by atoms with Crippen molar-refractivity contribution >= 4 is 24.4 Å². The van der Waals surface area contributed by atoms with E-state index in [0.29, 0.717) is 0 Å². The van der Waals surface area contributed by atoms with Crippen LogP contribution in [0.5, 0.6) is 0 Å². The van der Waals surface area contributed by atoms with Gasteiger partial charge in [-0.25, -0.2) is 0 Å². The number of rotatable bonds is 4. The van der Waals surface area contributed by atoms with Gasteiger partial charge in [-0.3, -0.25) is 0 Å². The zero-order chi connectivity index (χ0) is 13.1. The highest BCUT2D eigenvalue weighted by Gasteiger charge is 2.29.